The van der Waals surface area contributed by atoms with E-state index in [4.69, 9.17) is 0 Å². The first kappa shape index (κ1) is 25.8. The Morgan fingerprint density at radius 1 is 1.11 bits per heavy atom. The third kappa shape index (κ3) is 5.46. The van der Waals surface area contributed by atoms with Gasteiger partial charge in [0.1, 0.15) is 11.2 Å². The Morgan fingerprint density at radius 3 is 2.87 bits per heavy atom. The minimum absolute atomic E-state index is 0.971. The third-order valence-electron chi connectivity index (χ3n) is 6.91. The van der Waals surface area contributed by atoms with Crippen LogP contribution in [-0.2, 0) is 6.54 Å². The third-order valence-corrected chi connectivity index (χ3v) is 11.2. The number of aryl methyl sites for hydroxylation is 2. The van der Waals surface area contributed by atoms with Crippen molar-refractivity contribution in [2.24, 2.45) is 0 Å². The number of benzene rings is 2. The summed E-state index contributed by atoms with van der Waals surface area (Å²) in [6, 6.07) is 17.9. The average molecular weight is 572 g/mol. The number of nitrogens with zero attached hydrogens (tertiary/aromatic N) is 2. The van der Waals surface area contributed by atoms with Gasteiger partial charge >= 0.3 is 0 Å². The monoisotopic (exact) mass is 571 g/mol. The fourth-order valence-electron chi connectivity index (χ4n) is 4.98. The molecular formula is C32H31N2S4+. The van der Waals surface area contributed by atoms with E-state index in [0.717, 1.165) is 19.4 Å². The summed E-state index contributed by atoms with van der Waals surface area (Å²) in [6.45, 7) is 5.37. The number of hydrogen-bond donors (Lipinski definition) is 0. The molecule has 0 amide bonds. The minimum Gasteiger partial charge on any atom is -0.338 e. The second-order valence-corrected chi connectivity index (χ2v) is 14.1. The van der Waals surface area contributed by atoms with Crippen LogP contribution in [0.5, 0.6) is 0 Å². The Morgan fingerprint density at radius 2 is 2.03 bits per heavy atom. The molecule has 0 atom stereocenters. The zero-order chi connectivity index (χ0) is 26.1. The van der Waals surface area contributed by atoms with Crippen LogP contribution in [0.2, 0.25) is 0 Å². The van der Waals surface area contributed by atoms with Crippen molar-refractivity contribution in [3.63, 3.8) is 0 Å². The highest BCUT2D eigenvalue weighted by Crippen LogP contribution is 2.46. The van der Waals surface area contributed by atoms with Gasteiger partial charge in [0.2, 0.25) is 5.52 Å². The first-order valence-electron chi connectivity index (χ1n) is 13.1. The van der Waals surface area contributed by atoms with Crippen molar-refractivity contribution in [1.29, 1.82) is 0 Å². The van der Waals surface area contributed by atoms with Gasteiger partial charge in [0.25, 0.3) is 5.01 Å². The molecule has 0 spiro atoms. The fourth-order valence-corrected chi connectivity index (χ4v) is 9.25. The van der Waals surface area contributed by atoms with E-state index < -0.39 is 0 Å². The number of fused-ring (bicyclic) bond motifs is 2. The molecule has 0 saturated carbocycles. The Hall–Kier alpha value is -2.51. The molecule has 2 aliphatic rings. The van der Waals surface area contributed by atoms with E-state index in [1.54, 1.807) is 11.3 Å². The molecule has 1 aliphatic heterocycles. The fraction of sp³-hybridized carbons (Fsp3) is 0.219. The van der Waals surface area contributed by atoms with Crippen LogP contribution < -0.4 is 9.47 Å². The van der Waals surface area contributed by atoms with Crippen LogP contribution in [0.1, 0.15) is 36.8 Å². The minimum atomic E-state index is 0.971. The van der Waals surface area contributed by atoms with Gasteiger partial charge in [0.15, 0.2) is 0 Å². The van der Waals surface area contributed by atoms with Crippen molar-refractivity contribution >= 4 is 68.2 Å². The van der Waals surface area contributed by atoms with Crippen LogP contribution in [0.4, 0.5) is 5.69 Å². The molecule has 2 aromatic carbocycles. The number of hydrogen-bond acceptors (Lipinski definition) is 5. The van der Waals surface area contributed by atoms with Gasteiger partial charge < -0.3 is 4.90 Å². The highest BCUT2D eigenvalue weighted by Gasteiger charge is 2.22. The number of thiophene rings is 1. The van der Waals surface area contributed by atoms with Crippen LogP contribution in [0, 0.1) is 6.92 Å². The van der Waals surface area contributed by atoms with Gasteiger partial charge in [-0.15, -0.1) is 11.3 Å². The lowest BCUT2D eigenvalue weighted by Crippen LogP contribution is -2.33. The number of thiazole rings is 1. The van der Waals surface area contributed by atoms with Gasteiger partial charge in [-0.2, -0.15) is 4.57 Å². The number of anilines is 1. The summed E-state index contributed by atoms with van der Waals surface area (Å²) in [7, 11) is 2.18. The second-order valence-electron chi connectivity index (χ2n) is 9.64. The summed E-state index contributed by atoms with van der Waals surface area (Å²) >= 11 is 7.42. The van der Waals surface area contributed by atoms with Gasteiger partial charge in [0, 0.05) is 29.0 Å². The van der Waals surface area contributed by atoms with Crippen molar-refractivity contribution in [1.82, 2.24) is 0 Å². The molecule has 2 aromatic heterocycles. The molecule has 0 fully saturated rings. The summed E-state index contributed by atoms with van der Waals surface area (Å²) in [4.78, 5) is 4.99. The van der Waals surface area contributed by atoms with Crippen molar-refractivity contribution in [3.8, 4) is 0 Å². The predicted octanol–water partition coefficient (Wildman–Crippen LogP) is 9.86. The zero-order valence-electron chi connectivity index (χ0n) is 21.9. The molecule has 4 aromatic rings. The van der Waals surface area contributed by atoms with Crippen LogP contribution in [0.3, 0.4) is 0 Å². The van der Waals surface area contributed by atoms with Crippen molar-refractivity contribution in [2.45, 2.75) is 53.7 Å². The zero-order valence-corrected chi connectivity index (χ0v) is 25.2. The van der Waals surface area contributed by atoms with Gasteiger partial charge in [0.05, 0.1) is 14.9 Å². The lowest BCUT2D eigenvalue weighted by atomic mass is 9.95. The Balaban J connectivity index is 1.21. The van der Waals surface area contributed by atoms with Crippen molar-refractivity contribution in [3.05, 3.63) is 105 Å². The highest BCUT2D eigenvalue weighted by atomic mass is 32.2. The van der Waals surface area contributed by atoms with Crippen molar-refractivity contribution in [2.75, 3.05) is 11.9 Å². The molecule has 1 aliphatic carbocycles. The Labute approximate surface area is 242 Å². The Kier molecular flexibility index (Phi) is 7.66. The molecule has 38 heavy (non-hydrogen) atoms. The first-order valence-corrected chi connectivity index (χ1v) is 16.4. The van der Waals surface area contributed by atoms with E-state index in [2.05, 4.69) is 115 Å². The van der Waals surface area contributed by atoms with E-state index in [9.17, 15) is 0 Å². The molecule has 6 rings (SSSR count). The van der Waals surface area contributed by atoms with E-state index in [-0.39, 0.29) is 0 Å². The normalized spacial score (nSPS) is 17.8. The largest absolute Gasteiger partial charge is 0.338 e. The molecule has 0 bridgehead atoms. The van der Waals surface area contributed by atoms with Gasteiger partial charge in [-0.3, -0.25) is 0 Å². The summed E-state index contributed by atoms with van der Waals surface area (Å²) in [5, 5.41) is 4.76. The summed E-state index contributed by atoms with van der Waals surface area (Å²) in [5.41, 5.74) is 6.79. The summed E-state index contributed by atoms with van der Waals surface area (Å²) in [5.74, 6) is 0. The molecule has 0 N–H and O–H groups in total. The van der Waals surface area contributed by atoms with Gasteiger partial charge in [-0.05, 0) is 91.6 Å². The molecule has 0 radical (unpaired) electrons. The Bertz CT molecular complexity index is 1600. The molecule has 6 heteroatoms. The van der Waals surface area contributed by atoms with E-state index in [1.807, 2.05) is 34.9 Å². The first-order chi connectivity index (χ1) is 18.6. The van der Waals surface area contributed by atoms with Gasteiger partial charge in [-0.25, -0.2) is 0 Å². The number of thioether (sulfide) groups is 1. The van der Waals surface area contributed by atoms with Gasteiger partial charge in [-0.1, -0.05) is 65.2 Å². The standard InChI is InChI=1S/C32H31N2S4/c1-4-34-27-16-14-25(36-32-12-7-17-35-32)21-29(27)37-30(34)11-6-9-23-8-5-10-24(19-23)20-31-33(3)26-15-13-22(2)18-28(26)38-31/h6-7,9,11-21H,4-5,8,10H2,1-3H3/q+1. The quantitative estimate of drug-likeness (QED) is 0.213. The summed E-state index contributed by atoms with van der Waals surface area (Å²) in [6.07, 6.45) is 15.1. The maximum atomic E-state index is 2.42. The van der Waals surface area contributed by atoms with Crippen LogP contribution in [0.25, 0.3) is 16.3 Å². The lowest BCUT2D eigenvalue weighted by molar-refractivity contribution is -0.665. The van der Waals surface area contributed by atoms with Crippen LogP contribution >= 0.6 is 46.2 Å². The molecule has 192 valence electrons. The maximum absolute atomic E-state index is 2.42. The molecule has 0 unspecified atom stereocenters. The van der Waals surface area contributed by atoms with Crippen LogP contribution in [0.15, 0.2) is 108 Å². The second kappa shape index (κ2) is 11.3. The molecule has 0 saturated heterocycles. The average Bonchev–Trinajstić information content (AvgIpc) is 3.62. The molecule has 3 heterocycles. The van der Waals surface area contributed by atoms with Crippen LogP contribution in [-0.4, -0.2) is 7.05 Å². The van der Waals surface area contributed by atoms with Crippen molar-refractivity contribution < 1.29 is 4.57 Å². The SMILES string of the molecule is CC[n+]1c(/C=C/C=C2C=C(/C=C3\Sc4cc(C)ccc4N3C)CCC/2)sc2cc(Sc3cccs3)ccc21. The van der Waals surface area contributed by atoms with E-state index in [1.165, 1.54) is 63.1 Å². The van der Waals surface area contributed by atoms with E-state index in [0.29, 0.717) is 0 Å². The number of aromatic nitrogens is 1. The number of rotatable bonds is 6. The predicted molar refractivity (Wildman–Crippen MR) is 169 cm³/mol. The topological polar surface area (TPSA) is 7.12 Å². The maximum Gasteiger partial charge on any atom is 0.262 e. The number of allylic oxidation sites excluding steroid dienone is 6. The van der Waals surface area contributed by atoms with E-state index >= 15 is 0 Å². The molecule has 2 nitrogen and oxygen atoms in total. The summed E-state index contributed by atoms with van der Waals surface area (Å²) < 4.78 is 5.11. The smallest absolute Gasteiger partial charge is 0.262 e. The molecular weight excluding hydrogens is 541 g/mol. The lowest BCUT2D eigenvalue weighted by Gasteiger charge is -2.16. The highest BCUT2D eigenvalue weighted by molar-refractivity contribution is 8.03.